The van der Waals surface area contributed by atoms with Gasteiger partial charge in [0.05, 0.1) is 11.1 Å². The molecule has 2 atom stereocenters. The van der Waals surface area contributed by atoms with E-state index >= 15 is 0 Å². The van der Waals surface area contributed by atoms with Crippen molar-refractivity contribution in [2.24, 2.45) is 11.7 Å². The number of esters is 1. The van der Waals surface area contributed by atoms with Crippen LogP contribution in [-0.4, -0.2) is 31.6 Å². The van der Waals surface area contributed by atoms with E-state index in [2.05, 4.69) is 0 Å². The lowest BCUT2D eigenvalue weighted by molar-refractivity contribution is -0.160. The molecule has 9 heteroatoms. The van der Waals surface area contributed by atoms with Crippen LogP contribution >= 0.6 is 0 Å². The number of nitrogens with two attached hydrogens (primary N) is 1. The van der Waals surface area contributed by atoms with Crippen molar-refractivity contribution in [3.63, 3.8) is 0 Å². The molecular formula is C17H18N2O6S. The van der Waals surface area contributed by atoms with Crippen molar-refractivity contribution < 1.29 is 27.9 Å². The molecule has 138 valence electrons. The van der Waals surface area contributed by atoms with Gasteiger partial charge in [-0.2, -0.15) is 4.72 Å². The van der Waals surface area contributed by atoms with Crippen molar-refractivity contribution >= 4 is 22.0 Å². The number of benzene rings is 2. The Balaban J connectivity index is 2.08. The monoisotopic (exact) mass is 378 g/mol. The van der Waals surface area contributed by atoms with E-state index in [0.717, 1.165) is 0 Å². The van der Waals surface area contributed by atoms with Crippen LogP contribution in [0.2, 0.25) is 0 Å². The second kappa shape index (κ2) is 8.56. The molecule has 0 spiro atoms. The van der Waals surface area contributed by atoms with E-state index in [1.165, 1.54) is 24.3 Å². The third-order valence-electron chi connectivity index (χ3n) is 3.45. The van der Waals surface area contributed by atoms with Crippen molar-refractivity contribution in [2.75, 3.05) is 0 Å². The van der Waals surface area contributed by atoms with Crippen molar-refractivity contribution in [1.29, 1.82) is 0 Å². The summed E-state index contributed by atoms with van der Waals surface area (Å²) >= 11 is 0. The van der Waals surface area contributed by atoms with E-state index < -0.39 is 34.0 Å². The van der Waals surface area contributed by atoms with Gasteiger partial charge in [-0.1, -0.05) is 48.5 Å². The van der Waals surface area contributed by atoms with Gasteiger partial charge < -0.3 is 15.6 Å². The Morgan fingerprint density at radius 1 is 1.04 bits per heavy atom. The molecular weight excluding hydrogens is 360 g/mol. The zero-order valence-electron chi connectivity index (χ0n) is 13.6. The van der Waals surface area contributed by atoms with Crippen LogP contribution in [0.4, 0.5) is 0 Å². The molecule has 0 heterocycles. The number of ether oxygens (including phenoxy) is 1. The van der Waals surface area contributed by atoms with Crippen LogP contribution in [0.1, 0.15) is 5.56 Å². The van der Waals surface area contributed by atoms with Gasteiger partial charge in [-0.25, -0.2) is 8.42 Å². The van der Waals surface area contributed by atoms with Crippen LogP contribution in [0.25, 0.3) is 0 Å². The maximum atomic E-state index is 12.2. The van der Waals surface area contributed by atoms with Crippen LogP contribution in [0.3, 0.4) is 0 Å². The van der Waals surface area contributed by atoms with Crippen molar-refractivity contribution in [3.05, 3.63) is 66.2 Å². The van der Waals surface area contributed by atoms with Crippen LogP contribution in [0, 0.1) is 5.92 Å². The highest BCUT2D eigenvalue weighted by Crippen LogP contribution is 2.12. The average Bonchev–Trinajstić information content (AvgIpc) is 2.61. The maximum Gasteiger partial charge on any atom is 0.323 e. The first kappa shape index (κ1) is 19.6. The summed E-state index contributed by atoms with van der Waals surface area (Å²) in [5.74, 6) is -4.62. The summed E-state index contributed by atoms with van der Waals surface area (Å²) in [7, 11) is -4.08. The summed E-state index contributed by atoms with van der Waals surface area (Å²) in [4.78, 5) is 23.4. The number of carboxylic acid groups (broad SMARTS) is 1. The van der Waals surface area contributed by atoms with Gasteiger partial charge in [0.1, 0.15) is 6.61 Å². The van der Waals surface area contributed by atoms with Gasteiger partial charge in [-0.15, -0.1) is 0 Å². The highest BCUT2D eigenvalue weighted by Gasteiger charge is 2.36. The Morgan fingerprint density at radius 3 is 2.12 bits per heavy atom. The standard InChI is InChI=1S/C17H18N2O6S/c18-15(19-26(23,24)13-9-5-2-6-10-13)14(16(20)21)17(22)25-11-12-7-3-1-4-8-12/h1-10,14-15,19H,11,18H2,(H,20,21). The number of hydrogen-bond donors (Lipinski definition) is 3. The van der Waals surface area contributed by atoms with Gasteiger partial charge in [0, 0.05) is 0 Å². The molecule has 8 nitrogen and oxygen atoms in total. The molecule has 0 aliphatic carbocycles. The largest absolute Gasteiger partial charge is 0.481 e. The predicted molar refractivity (Wildman–Crippen MR) is 92.1 cm³/mol. The number of carboxylic acids is 1. The molecule has 0 aliphatic heterocycles. The molecule has 0 fully saturated rings. The Hall–Kier alpha value is -2.75. The third-order valence-corrected chi connectivity index (χ3v) is 4.92. The minimum atomic E-state index is -4.08. The quantitative estimate of drug-likeness (QED) is 0.349. The highest BCUT2D eigenvalue weighted by atomic mass is 32.2. The molecule has 0 aliphatic rings. The number of sulfonamides is 1. The first-order chi connectivity index (χ1) is 12.3. The molecule has 2 aromatic rings. The fourth-order valence-corrected chi connectivity index (χ4v) is 3.28. The lowest BCUT2D eigenvalue weighted by atomic mass is 10.1. The van der Waals surface area contributed by atoms with Crippen molar-refractivity contribution in [1.82, 2.24) is 4.72 Å². The summed E-state index contributed by atoms with van der Waals surface area (Å²) < 4.78 is 31.4. The fourth-order valence-electron chi connectivity index (χ4n) is 2.13. The number of carbonyl (C=O) groups excluding carboxylic acids is 1. The number of rotatable bonds is 8. The van der Waals surface area contributed by atoms with E-state index in [4.69, 9.17) is 10.5 Å². The molecule has 2 unspecified atom stereocenters. The van der Waals surface area contributed by atoms with E-state index in [9.17, 15) is 23.1 Å². The van der Waals surface area contributed by atoms with E-state index in [1.54, 1.807) is 36.4 Å². The summed E-state index contributed by atoms with van der Waals surface area (Å²) in [6.07, 6.45) is -1.69. The van der Waals surface area contributed by atoms with Gasteiger partial charge in [0.2, 0.25) is 10.0 Å². The SMILES string of the molecule is NC(NS(=O)(=O)c1ccccc1)C(C(=O)O)C(=O)OCc1ccccc1. The second-order valence-electron chi connectivity index (χ2n) is 5.37. The third kappa shape index (κ3) is 5.12. The zero-order valence-corrected chi connectivity index (χ0v) is 14.4. The van der Waals surface area contributed by atoms with Gasteiger partial charge >= 0.3 is 11.9 Å². The highest BCUT2D eigenvalue weighted by molar-refractivity contribution is 7.89. The molecule has 26 heavy (non-hydrogen) atoms. The summed E-state index contributed by atoms with van der Waals surface area (Å²) in [5.41, 5.74) is 6.30. The number of carbonyl (C=O) groups is 2. The molecule has 2 aromatic carbocycles. The predicted octanol–water partition coefficient (Wildman–Crippen LogP) is 0.694. The summed E-state index contributed by atoms with van der Waals surface area (Å²) in [6.45, 7) is -0.151. The normalized spacial score (nSPS) is 13.6. The van der Waals surface area contributed by atoms with Crippen molar-refractivity contribution in [2.45, 2.75) is 17.7 Å². The summed E-state index contributed by atoms with van der Waals surface area (Å²) in [6, 6.07) is 15.9. The van der Waals surface area contributed by atoms with Crippen LogP contribution in [-0.2, 0) is 31.0 Å². The molecule has 0 aromatic heterocycles. The van der Waals surface area contributed by atoms with Gasteiger partial charge in [-0.3, -0.25) is 9.59 Å². The molecule has 2 rings (SSSR count). The average molecular weight is 378 g/mol. The molecule has 0 saturated heterocycles. The van der Waals surface area contributed by atoms with Crippen LogP contribution < -0.4 is 10.5 Å². The van der Waals surface area contributed by atoms with Crippen LogP contribution in [0.15, 0.2) is 65.6 Å². The molecule has 0 bridgehead atoms. The minimum absolute atomic E-state index is 0.0998. The van der Waals surface area contributed by atoms with Crippen LogP contribution in [0.5, 0.6) is 0 Å². The Morgan fingerprint density at radius 2 is 1.58 bits per heavy atom. The number of nitrogens with one attached hydrogen (secondary N) is 1. The van der Waals surface area contributed by atoms with E-state index in [1.807, 2.05) is 4.72 Å². The van der Waals surface area contributed by atoms with E-state index in [0.29, 0.717) is 5.56 Å². The lowest BCUT2D eigenvalue weighted by Crippen LogP contribution is -2.52. The maximum absolute atomic E-state index is 12.2. The van der Waals surface area contributed by atoms with E-state index in [-0.39, 0.29) is 11.5 Å². The molecule has 0 amide bonds. The Bertz CT molecular complexity index is 855. The Kier molecular flexibility index (Phi) is 6.45. The summed E-state index contributed by atoms with van der Waals surface area (Å²) in [5, 5.41) is 9.26. The van der Waals surface area contributed by atoms with Crippen molar-refractivity contribution in [3.8, 4) is 0 Å². The second-order valence-corrected chi connectivity index (χ2v) is 7.08. The molecule has 0 radical (unpaired) electrons. The topological polar surface area (TPSA) is 136 Å². The fraction of sp³-hybridized carbons (Fsp3) is 0.176. The lowest BCUT2D eigenvalue weighted by Gasteiger charge is -2.20. The van der Waals surface area contributed by atoms with Gasteiger partial charge in [0.15, 0.2) is 5.92 Å². The first-order valence-corrected chi connectivity index (χ1v) is 9.06. The smallest absolute Gasteiger partial charge is 0.323 e. The number of hydrogen-bond acceptors (Lipinski definition) is 6. The van der Waals surface area contributed by atoms with Gasteiger partial charge in [0.25, 0.3) is 0 Å². The molecule has 4 N–H and O–H groups in total. The Labute approximate surface area is 150 Å². The molecule has 0 saturated carbocycles. The zero-order chi connectivity index (χ0) is 19.2. The van der Waals surface area contributed by atoms with Gasteiger partial charge in [-0.05, 0) is 17.7 Å². The first-order valence-electron chi connectivity index (χ1n) is 7.57. The number of aliphatic carboxylic acids is 1. The minimum Gasteiger partial charge on any atom is -0.481 e.